The predicted molar refractivity (Wildman–Crippen MR) is 151 cm³/mol. The van der Waals surface area contributed by atoms with Crippen LogP contribution in [0.1, 0.15) is 25.7 Å². The summed E-state index contributed by atoms with van der Waals surface area (Å²) in [4.78, 5) is 23.5. The lowest BCUT2D eigenvalue weighted by Crippen LogP contribution is -2.39. The van der Waals surface area contributed by atoms with Gasteiger partial charge < -0.3 is 20.7 Å². The average Bonchev–Trinajstić information content (AvgIpc) is 3.46. The lowest BCUT2D eigenvalue weighted by molar-refractivity contribution is -0.127. The second kappa shape index (κ2) is 11.0. The van der Waals surface area contributed by atoms with Crippen molar-refractivity contribution < 1.29 is 22.7 Å². The number of amides is 1. The minimum atomic E-state index is -1.19. The van der Waals surface area contributed by atoms with E-state index >= 15 is 4.39 Å². The molecule has 10 nitrogen and oxygen atoms in total. The van der Waals surface area contributed by atoms with E-state index in [1.54, 1.807) is 15.7 Å². The van der Waals surface area contributed by atoms with Crippen LogP contribution >= 0.6 is 0 Å². The number of nitrogens with one attached hydrogen (secondary N) is 1. The second-order valence-electron chi connectivity index (χ2n) is 10.7. The van der Waals surface area contributed by atoms with Gasteiger partial charge in [-0.15, -0.1) is 0 Å². The van der Waals surface area contributed by atoms with Gasteiger partial charge in [0.25, 0.3) is 5.91 Å². The summed E-state index contributed by atoms with van der Waals surface area (Å²) < 4.78 is 50.1. The molecule has 43 heavy (non-hydrogen) atoms. The van der Waals surface area contributed by atoms with E-state index in [0.717, 1.165) is 31.4 Å². The van der Waals surface area contributed by atoms with E-state index in [2.05, 4.69) is 26.5 Å². The lowest BCUT2D eigenvalue weighted by Gasteiger charge is -2.25. The molecule has 2 aliphatic rings. The molecule has 6 rings (SSSR count). The van der Waals surface area contributed by atoms with Gasteiger partial charge in [0.15, 0.2) is 17.2 Å². The molecule has 220 valence electrons. The minimum Gasteiger partial charge on any atom is -0.454 e. The van der Waals surface area contributed by atoms with Crippen molar-refractivity contribution in [2.24, 2.45) is 0 Å². The van der Waals surface area contributed by atoms with Crippen LogP contribution in [0.4, 0.5) is 19.0 Å². The van der Waals surface area contributed by atoms with Crippen molar-refractivity contribution in [3.05, 3.63) is 71.8 Å². The van der Waals surface area contributed by atoms with Crippen molar-refractivity contribution in [2.75, 3.05) is 19.3 Å². The molecule has 2 aromatic heterocycles. The van der Waals surface area contributed by atoms with Crippen molar-refractivity contribution in [1.29, 1.82) is 5.26 Å². The van der Waals surface area contributed by atoms with Gasteiger partial charge in [-0.2, -0.15) is 14.8 Å². The number of ether oxygens (including phenoxy) is 1. The number of carbonyl (C=O) groups excluding carboxylic acids is 1. The van der Waals surface area contributed by atoms with E-state index in [1.807, 2.05) is 7.05 Å². The molecule has 0 radical (unpaired) electrons. The molecule has 0 unspecified atom stereocenters. The number of nitrogens with two attached hydrogens (primary N) is 1. The molecule has 4 aromatic rings. The van der Waals surface area contributed by atoms with Crippen LogP contribution in [-0.4, -0.2) is 55.7 Å². The number of nitrogen functional groups attached to an aromatic ring is 1. The number of rotatable bonds is 8. The van der Waals surface area contributed by atoms with Crippen molar-refractivity contribution in [1.82, 2.24) is 30.0 Å². The maximum absolute atomic E-state index is 15.5. The Morgan fingerprint density at radius 2 is 2.05 bits per heavy atom. The first-order valence-electron chi connectivity index (χ1n) is 13.7. The highest BCUT2D eigenvalue weighted by Gasteiger charge is 2.41. The van der Waals surface area contributed by atoms with Crippen LogP contribution in [-0.2, 0) is 11.3 Å². The van der Waals surface area contributed by atoms with Gasteiger partial charge in [-0.3, -0.25) is 4.79 Å². The number of hydrogen-bond donors (Lipinski definition) is 2. The first-order chi connectivity index (χ1) is 20.7. The number of likely N-dealkylation sites (tertiary alicyclic amines) is 1. The standard InChI is InChI=1S/C30H27F3N8O2/c1-36-30(9-10-30)13-17(14-34)29(42)40-11-3-4-18(40)15-41-28-24(27(35)37-16-38-28)26(39-41)20-8-7-19(12-22(20)32)43-23-6-2-5-21(31)25(23)33/h2,5-8,12-13,16,18,36H,3-4,9-11,15H2,1H3,(H2,35,37,38)/t18-/m1/s1. The van der Waals surface area contributed by atoms with Crippen LogP contribution in [0.15, 0.2) is 54.4 Å². The highest BCUT2D eigenvalue weighted by Crippen LogP contribution is 2.38. The first-order valence-corrected chi connectivity index (χ1v) is 13.7. The number of hydrogen-bond acceptors (Lipinski definition) is 8. The number of benzene rings is 2. The summed E-state index contributed by atoms with van der Waals surface area (Å²) >= 11 is 0. The van der Waals surface area contributed by atoms with Gasteiger partial charge >= 0.3 is 0 Å². The predicted octanol–water partition coefficient (Wildman–Crippen LogP) is 4.48. The zero-order valence-electron chi connectivity index (χ0n) is 23.1. The molecular weight excluding hydrogens is 561 g/mol. The molecule has 1 amide bonds. The minimum absolute atomic E-state index is 0.0496. The number of anilines is 1. The number of nitriles is 1. The summed E-state index contributed by atoms with van der Waals surface area (Å²) in [6.07, 6.45) is 6.15. The lowest BCUT2D eigenvalue weighted by atomic mass is 10.1. The molecule has 13 heteroatoms. The number of nitrogens with zero attached hydrogens (tertiary/aromatic N) is 6. The van der Waals surface area contributed by atoms with Gasteiger partial charge in [0.2, 0.25) is 5.82 Å². The van der Waals surface area contributed by atoms with E-state index in [1.165, 1.54) is 30.6 Å². The molecule has 1 saturated carbocycles. The molecule has 1 saturated heterocycles. The Kier molecular flexibility index (Phi) is 7.23. The topological polar surface area (TPSA) is 135 Å². The Labute approximate surface area is 244 Å². The van der Waals surface area contributed by atoms with E-state index in [4.69, 9.17) is 10.5 Å². The smallest absolute Gasteiger partial charge is 0.264 e. The largest absolute Gasteiger partial charge is 0.454 e. The maximum Gasteiger partial charge on any atom is 0.264 e. The summed E-state index contributed by atoms with van der Waals surface area (Å²) in [6, 6.07) is 9.07. The molecule has 2 fully saturated rings. The fourth-order valence-electron chi connectivity index (χ4n) is 5.45. The van der Waals surface area contributed by atoms with Crippen molar-refractivity contribution in [3.63, 3.8) is 0 Å². The molecule has 3 heterocycles. The van der Waals surface area contributed by atoms with Crippen LogP contribution in [0.5, 0.6) is 11.5 Å². The molecule has 1 aliphatic carbocycles. The van der Waals surface area contributed by atoms with E-state index in [-0.39, 0.29) is 58.2 Å². The number of aromatic nitrogens is 4. The Bertz CT molecular complexity index is 1810. The molecule has 1 aliphatic heterocycles. The second-order valence-corrected chi connectivity index (χ2v) is 10.7. The summed E-state index contributed by atoms with van der Waals surface area (Å²) in [5.41, 5.74) is 6.57. The fraction of sp³-hybridized carbons (Fsp3) is 0.300. The van der Waals surface area contributed by atoms with Crippen LogP contribution in [0.2, 0.25) is 0 Å². The van der Waals surface area contributed by atoms with E-state index in [0.29, 0.717) is 24.0 Å². The number of likely N-dealkylation sites (N-methyl/N-ethyl adjacent to an activating group) is 1. The zero-order chi connectivity index (χ0) is 30.3. The number of halogens is 3. The van der Waals surface area contributed by atoms with Gasteiger partial charge in [-0.25, -0.2) is 23.4 Å². The quantitative estimate of drug-likeness (QED) is 0.227. The van der Waals surface area contributed by atoms with Crippen molar-refractivity contribution in [3.8, 4) is 28.8 Å². The number of fused-ring (bicyclic) bond motifs is 1. The van der Waals surface area contributed by atoms with Gasteiger partial charge in [0.1, 0.15) is 41.0 Å². The third kappa shape index (κ3) is 5.25. The Morgan fingerprint density at radius 1 is 1.23 bits per heavy atom. The molecule has 2 aromatic carbocycles. The summed E-state index contributed by atoms with van der Waals surface area (Å²) in [7, 11) is 1.81. The Balaban J connectivity index is 1.31. The summed E-state index contributed by atoms with van der Waals surface area (Å²) in [5.74, 6) is -3.71. The van der Waals surface area contributed by atoms with Crippen LogP contribution in [0.25, 0.3) is 22.3 Å². The third-order valence-electron chi connectivity index (χ3n) is 7.98. The monoisotopic (exact) mass is 588 g/mol. The molecule has 3 N–H and O–H groups in total. The van der Waals surface area contributed by atoms with Gasteiger partial charge in [-0.05, 0) is 63.1 Å². The molecule has 0 bridgehead atoms. The number of carbonyl (C=O) groups is 1. The third-order valence-corrected chi connectivity index (χ3v) is 7.98. The van der Waals surface area contributed by atoms with Gasteiger partial charge in [0.05, 0.1) is 18.0 Å². The Hall–Kier alpha value is -4.96. The molecule has 0 spiro atoms. The highest BCUT2D eigenvalue weighted by molar-refractivity contribution is 5.99. The van der Waals surface area contributed by atoms with Gasteiger partial charge in [0, 0.05) is 23.7 Å². The molecular formula is C30H27F3N8O2. The van der Waals surface area contributed by atoms with Crippen LogP contribution in [0, 0.1) is 28.8 Å². The average molecular weight is 589 g/mol. The SMILES string of the molecule is CNC1(C=C(C#N)C(=O)N2CCC[C@@H]2Cn2nc(-c3ccc(Oc4cccc(F)c4F)cc3F)c3c(N)ncnc32)CC1. The van der Waals surface area contributed by atoms with E-state index < -0.39 is 17.5 Å². The first kappa shape index (κ1) is 28.2. The fourth-order valence-corrected chi connectivity index (χ4v) is 5.45. The maximum atomic E-state index is 15.5. The highest BCUT2D eigenvalue weighted by atomic mass is 19.2. The van der Waals surface area contributed by atoms with Crippen molar-refractivity contribution in [2.45, 2.75) is 43.8 Å². The van der Waals surface area contributed by atoms with Gasteiger partial charge in [-0.1, -0.05) is 6.07 Å². The van der Waals surface area contributed by atoms with E-state index in [9.17, 15) is 18.8 Å². The van der Waals surface area contributed by atoms with Crippen LogP contribution in [0.3, 0.4) is 0 Å². The van der Waals surface area contributed by atoms with Crippen LogP contribution < -0.4 is 15.8 Å². The van der Waals surface area contributed by atoms with Crippen molar-refractivity contribution >= 4 is 22.8 Å². The molecule has 1 atom stereocenters. The summed E-state index contributed by atoms with van der Waals surface area (Å²) in [6.45, 7) is 0.719. The zero-order valence-corrected chi connectivity index (χ0v) is 23.1. The summed E-state index contributed by atoms with van der Waals surface area (Å²) in [5, 5.41) is 17.9. The normalized spacial score (nSPS) is 17.7. The Morgan fingerprint density at radius 3 is 2.77 bits per heavy atom.